The van der Waals surface area contributed by atoms with E-state index in [9.17, 15) is 18.0 Å². The summed E-state index contributed by atoms with van der Waals surface area (Å²) in [6, 6.07) is 10.3. The van der Waals surface area contributed by atoms with Gasteiger partial charge in [-0.1, -0.05) is 41.9 Å². The van der Waals surface area contributed by atoms with Gasteiger partial charge in [0.15, 0.2) is 11.6 Å². The second-order valence-corrected chi connectivity index (χ2v) is 6.04. The first-order valence-corrected chi connectivity index (χ1v) is 8.52. The first-order valence-electron chi connectivity index (χ1n) is 8.14. The van der Waals surface area contributed by atoms with E-state index in [1.807, 2.05) is 0 Å². The highest BCUT2D eigenvalue weighted by Gasteiger charge is 2.20. The second kappa shape index (κ2) is 10.4. The first kappa shape index (κ1) is 21.3. The van der Waals surface area contributed by atoms with Crippen LogP contribution < -0.4 is 10.6 Å². The number of aromatic nitrogens is 1. The van der Waals surface area contributed by atoms with Crippen molar-refractivity contribution in [3.05, 3.63) is 58.5 Å². The number of hydrogen-bond acceptors (Lipinski definition) is 5. The van der Waals surface area contributed by atoms with Crippen LogP contribution in [0.25, 0.3) is 0 Å². The van der Waals surface area contributed by atoms with E-state index in [0.717, 1.165) is 11.6 Å². The van der Waals surface area contributed by atoms with Crippen LogP contribution in [0.5, 0.6) is 0 Å². The molecule has 0 bridgehead atoms. The molecule has 1 heterocycles. The summed E-state index contributed by atoms with van der Waals surface area (Å²) in [7, 11) is 0. The van der Waals surface area contributed by atoms with Crippen molar-refractivity contribution >= 4 is 23.5 Å². The molecule has 28 heavy (non-hydrogen) atoms. The highest BCUT2D eigenvalue weighted by Crippen LogP contribution is 2.20. The van der Waals surface area contributed by atoms with E-state index in [0.29, 0.717) is 0 Å². The lowest BCUT2D eigenvalue weighted by Crippen LogP contribution is -2.41. The Morgan fingerprint density at radius 1 is 1.32 bits per heavy atom. The van der Waals surface area contributed by atoms with Crippen LogP contribution >= 0.6 is 11.6 Å². The highest BCUT2D eigenvalue weighted by molar-refractivity contribution is 6.30. The third-order valence-electron chi connectivity index (χ3n) is 3.56. The van der Waals surface area contributed by atoms with Gasteiger partial charge < -0.3 is 15.4 Å². The third kappa shape index (κ3) is 6.63. The van der Waals surface area contributed by atoms with Gasteiger partial charge in [-0.2, -0.15) is 5.26 Å². The quantitative estimate of drug-likeness (QED) is 0.637. The number of benzene rings is 1. The molecule has 1 aromatic heterocycles. The number of nitrogens with one attached hydrogen (secondary N) is 2. The lowest BCUT2D eigenvalue weighted by Gasteiger charge is -2.19. The van der Waals surface area contributed by atoms with Crippen molar-refractivity contribution in [2.75, 3.05) is 11.9 Å². The average molecular weight is 413 g/mol. The molecule has 1 aromatic carbocycles. The molecule has 1 atom stereocenters. The minimum Gasteiger partial charge on any atom is -0.445 e. The van der Waals surface area contributed by atoms with E-state index in [1.165, 1.54) is 0 Å². The largest absolute Gasteiger partial charge is 0.445 e. The van der Waals surface area contributed by atoms with E-state index in [2.05, 4.69) is 15.6 Å². The van der Waals surface area contributed by atoms with Crippen molar-refractivity contribution in [1.82, 2.24) is 10.3 Å². The Kier molecular flexibility index (Phi) is 7.89. The maximum Gasteiger partial charge on any atom is 0.407 e. The number of anilines is 1. The Balaban J connectivity index is 1.95. The maximum atomic E-state index is 13.9. The standard InChI is InChI=1S/C18H16ClF3N4O2/c19-16-12(8-23)6-14(20)17(26-16)24-9-13(7-15(21)22)25-18(27)28-10-11-4-2-1-3-5-11/h1-6,13,15H,7,9-10H2,(H,24,26)(H,25,27)/t13-/m0/s1. The average Bonchev–Trinajstić information content (AvgIpc) is 2.66. The number of carbonyl (C=O) groups excluding carboxylic acids is 1. The zero-order valence-electron chi connectivity index (χ0n) is 14.5. The Bertz CT molecular complexity index is 847. The van der Waals surface area contributed by atoms with Gasteiger partial charge in [0.2, 0.25) is 6.43 Å². The summed E-state index contributed by atoms with van der Waals surface area (Å²) in [5, 5.41) is 13.4. The van der Waals surface area contributed by atoms with Crippen molar-refractivity contribution in [1.29, 1.82) is 5.26 Å². The third-order valence-corrected chi connectivity index (χ3v) is 3.85. The lowest BCUT2D eigenvalue weighted by molar-refractivity contribution is 0.111. The molecule has 0 saturated carbocycles. The summed E-state index contributed by atoms with van der Waals surface area (Å²) < 4.78 is 44.5. The van der Waals surface area contributed by atoms with Gasteiger partial charge in [0, 0.05) is 13.0 Å². The summed E-state index contributed by atoms with van der Waals surface area (Å²) in [5.41, 5.74) is 0.580. The molecule has 0 aliphatic heterocycles. The molecule has 0 radical (unpaired) electrons. The summed E-state index contributed by atoms with van der Waals surface area (Å²) in [4.78, 5) is 15.5. The van der Waals surface area contributed by atoms with E-state index >= 15 is 0 Å². The smallest absolute Gasteiger partial charge is 0.407 e. The van der Waals surface area contributed by atoms with Gasteiger partial charge in [-0.25, -0.2) is 22.9 Å². The molecule has 1 amide bonds. The van der Waals surface area contributed by atoms with E-state index in [1.54, 1.807) is 36.4 Å². The number of rotatable bonds is 8. The number of nitriles is 1. The molecule has 2 aromatic rings. The van der Waals surface area contributed by atoms with Crippen LogP contribution in [0, 0.1) is 17.1 Å². The fraction of sp³-hybridized carbons (Fsp3) is 0.278. The van der Waals surface area contributed by atoms with Crippen LogP contribution in [-0.2, 0) is 11.3 Å². The van der Waals surface area contributed by atoms with Crippen molar-refractivity contribution < 1.29 is 22.7 Å². The molecule has 6 nitrogen and oxygen atoms in total. The molecular weight excluding hydrogens is 397 g/mol. The maximum absolute atomic E-state index is 13.9. The van der Waals surface area contributed by atoms with Gasteiger partial charge in [-0.15, -0.1) is 0 Å². The summed E-state index contributed by atoms with van der Waals surface area (Å²) in [6.45, 7) is -0.278. The number of hydrogen-bond donors (Lipinski definition) is 2. The predicted molar refractivity (Wildman–Crippen MR) is 96.6 cm³/mol. The fourth-order valence-corrected chi connectivity index (χ4v) is 2.41. The Labute approximate surface area is 164 Å². The predicted octanol–water partition coefficient (Wildman–Crippen LogP) is 4.11. The number of halogens is 4. The molecule has 2 rings (SSSR count). The highest BCUT2D eigenvalue weighted by atomic mass is 35.5. The molecule has 0 aliphatic rings. The van der Waals surface area contributed by atoms with Crippen molar-refractivity contribution in [2.45, 2.75) is 25.5 Å². The Hall–Kier alpha value is -2.99. The number of amides is 1. The molecular formula is C18H16ClF3N4O2. The monoisotopic (exact) mass is 412 g/mol. The van der Waals surface area contributed by atoms with E-state index in [-0.39, 0.29) is 29.7 Å². The van der Waals surface area contributed by atoms with Crippen LogP contribution in [0.4, 0.5) is 23.8 Å². The SMILES string of the molecule is N#Cc1cc(F)c(NC[C@H](CC(F)F)NC(=O)OCc2ccccc2)nc1Cl. The van der Waals surface area contributed by atoms with Gasteiger partial charge in [0.25, 0.3) is 0 Å². The zero-order chi connectivity index (χ0) is 20.5. The summed E-state index contributed by atoms with van der Waals surface area (Å²) >= 11 is 5.73. The molecule has 0 spiro atoms. The molecule has 0 saturated heterocycles. The van der Waals surface area contributed by atoms with Gasteiger partial charge in [-0.05, 0) is 11.6 Å². The lowest BCUT2D eigenvalue weighted by atomic mass is 10.2. The van der Waals surface area contributed by atoms with E-state index in [4.69, 9.17) is 21.6 Å². The van der Waals surface area contributed by atoms with E-state index < -0.39 is 30.8 Å². The minimum atomic E-state index is -2.71. The molecule has 0 aliphatic carbocycles. The van der Waals surface area contributed by atoms with Crippen LogP contribution in [0.1, 0.15) is 17.5 Å². The number of alkyl halides is 2. The molecule has 148 valence electrons. The Morgan fingerprint density at radius 2 is 2.04 bits per heavy atom. The van der Waals surface area contributed by atoms with Gasteiger partial charge in [0.1, 0.15) is 17.8 Å². The van der Waals surface area contributed by atoms with Gasteiger partial charge in [0.05, 0.1) is 11.6 Å². The second-order valence-electron chi connectivity index (χ2n) is 5.68. The van der Waals surface area contributed by atoms with Crippen LogP contribution in [0.15, 0.2) is 36.4 Å². The number of ether oxygens (including phenoxy) is 1. The zero-order valence-corrected chi connectivity index (χ0v) is 15.2. The normalized spacial score (nSPS) is 11.6. The number of carbonyl (C=O) groups is 1. The first-order chi connectivity index (χ1) is 13.4. The minimum absolute atomic E-state index is 0.0249. The summed E-state index contributed by atoms with van der Waals surface area (Å²) in [6.07, 6.45) is -4.27. The van der Waals surface area contributed by atoms with Crippen molar-refractivity contribution in [3.63, 3.8) is 0 Å². The fourth-order valence-electron chi connectivity index (χ4n) is 2.23. The Morgan fingerprint density at radius 3 is 2.68 bits per heavy atom. The van der Waals surface area contributed by atoms with Crippen molar-refractivity contribution in [3.8, 4) is 6.07 Å². The molecule has 0 unspecified atom stereocenters. The van der Waals surface area contributed by atoms with Gasteiger partial charge >= 0.3 is 6.09 Å². The van der Waals surface area contributed by atoms with Crippen LogP contribution in [-0.4, -0.2) is 30.1 Å². The topological polar surface area (TPSA) is 87.0 Å². The van der Waals surface area contributed by atoms with Crippen LogP contribution in [0.2, 0.25) is 5.15 Å². The molecule has 2 N–H and O–H groups in total. The summed E-state index contributed by atoms with van der Waals surface area (Å²) in [5.74, 6) is -1.19. The molecule has 10 heteroatoms. The number of alkyl carbamates (subject to hydrolysis) is 1. The molecule has 0 fully saturated rings. The van der Waals surface area contributed by atoms with Crippen molar-refractivity contribution in [2.24, 2.45) is 0 Å². The number of nitrogens with zero attached hydrogens (tertiary/aromatic N) is 2. The van der Waals surface area contributed by atoms with Gasteiger partial charge in [-0.3, -0.25) is 0 Å². The number of pyridine rings is 1. The van der Waals surface area contributed by atoms with Crippen LogP contribution in [0.3, 0.4) is 0 Å².